The van der Waals surface area contributed by atoms with Gasteiger partial charge in [0.2, 0.25) is 0 Å². The summed E-state index contributed by atoms with van der Waals surface area (Å²) in [7, 11) is 0. The molecule has 3 nitrogen and oxygen atoms in total. The fourth-order valence-electron chi connectivity index (χ4n) is 2.10. The first-order valence-corrected chi connectivity index (χ1v) is 6.29. The van der Waals surface area contributed by atoms with Gasteiger partial charge in [0.15, 0.2) is 0 Å². The Morgan fingerprint density at radius 2 is 1.75 bits per heavy atom. The van der Waals surface area contributed by atoms with Crippen molar-refractivity contribution in [2.24, 2.45) is 5.73 Å². The maximum Gasteiger partial charge on any atom is 0.387 e. The number of nitrogens with zero attached hydrogens (tertiary/aromatic N) is 1. The van der Waals surface area contributed by atoms with Crippen molar-refractivity contribution in [1.82, 2.24) is 4.98 Å². The molecule has 0 spiro atoms. The molecule has 2 rings (SSSR count). The van der Waals surface area contributed by atoms with E-state index < -0.39 is 12.7 Å². The molecule has 2 atom stereocenters. The fraction of sp³-hybridized carbons (Fsp3) is 0.267. The minimum atomic E-state index is -2.86. The maximum atomic E-state index is 12.4. The van der Waals surface area contributed by atoms with Gasteiger partial charge in [-0.15, -0.1) is 0 Å². The number of halogens is 2. The number of nitrogens with two attached hydrogens (primary N) is 1. The number of hydrogen-bond donors (Lipinski definition) is 1. The van der Waals surface area contributed by atoms with Crippen LogP contribution >= 0.6 is 0 Å². The largest absolute Gasteiger partial charge is 0.434 e. The number of aromatic nitrogens is 1. The first kappa shape index (κ1) is 14.4. The molecule has 20 heavy (non-hydrogen) atoms. The summed E-state index contributed by atoms with van der Waals surface area (Å²) in [4.78, 5) is 3.95. The lowest BCUT2D eigenvalue weighted by Crippen LogP contribution is -2.19. The average molecular weight is 278 g/mol. The van der Waals surface area contributed by atoms with E-state index >= 15 is 0 Å². The zero-order valence-corrected chi connectivity index (χ0v) is 11.0. The lowest BCUT2D eigenvalue weighted by Gasteiger charge is -2.22. The van der Waals surface area contributed by atoms with Crippen molar-refractivity contribution in [2.75, 3.05) is 0 Å². The predicted molar refractivity (Wildman–Crippen MR) is 72.7 cm³/mol. The molecule has 0 fully saturated rings. The molecular formula is C15H16F2N2O. The molecule has 0 bridgehead atoms. The van der Waals surface area contributed by atoms with Crippen molar-refractivity contribution in [3.05, 3.63) is 59.9 Å². The fourth-order valence-corrected chi connectivity index (χ4v) is 2.10. The Morgan fingerprint density at radius 1 is 1.10 bits per heavy atom. The summed E-state index contributed by atoms with van der Waals surface area (Å²) in [5, 5.41) is 0. The van der Waals surface area contributed by atoms with E-state index in [1.807, 2.05) is 19.1 Å². The number of para-hydroxylation sites is 1. The summed E-state index contributed by atoms with van der Waals surface area (Å²) in [5.74, 6) is 0.0799. The highest BCUT2D eigenvalue weighted by molar-refractivity contribution is 5.38. The number of hydrogen-bond acceptors (Lipinski definition) is 3. The van der Waals surface area contributed by atoms with Crippen LogP contribution in [0.25, 0.3) is 0 Å². The van der Waals surface area contributed by atoms with Gasteiger partial charge in [0.1, 0.15) is 5.75 Å². The minimum Gasteiger partial charge on any atom is -0.434 e. The summed E-state index contributed by atoms with van der Waals surface area (Å²) >= 11 is 0. The Labute approximate surface area is 116 Å². The second-order valence-electron chi connectivity index (χ2n) is 4.51. The molecule has 0 saturated carbocycles. The van der Waals surface area contributed by atoms with E-state index in [2.05, 4.69) is 9.72 Å². The highest BCUT2D eigenvalue weighted by Gasteiger charge is 2.21. The maximum absolute atomic E-state index is 12.4. The van der Waals surface area contributed by atoms with Crippen LogP contribution in [-0.2, 0) is 0 Å². The van der Waals surface area contributed by atoms with Gasteiger partial charge in [-0.05, 0) is 23.8 Å². The Hall–Kier alpha value is -2.01. The number of ether oxygens (including phenoxy) is 1. The van der Waals surface area contributed by atoms with Crippen LogP contribution in [-0.4, -0.2) is 11.6 Å². The molecule has 1 heterocycles. The number of alkyl halides is 2. The third-order valence-corrected chi connectivity index (χ3v) is 3.26. The second-order valence-corrected chi connectivity index (χ2v) is 4.51. The van der Waals surface area contributed by atoms with E-state index in [1.54, 1.807) is 30.6 Å². The second kappa shape index (κ2) is 6.43. The number of pyridine rings is 1. The third-order valence-electron chi connectivity index (χ3n) is 3.26. The van der Waals surface area contributed by atoms with E-state index in [9.17, 15) is 8.78 Å². The summed E-state index contributed by atoms with van der Waals surface area (Å²) in [6, 6.07) is 9.90. The lowest BCUT2D eigenvalue weighted by molar-refractivity contribution is -0.0506. The monoisotopic (exact) mass is 278 g/mol. The van der Waals surface area contributed by atoms with Crippen molar-refractivity contribution in [1.29, 1.82) is 0 Å². The van der Waals surface area contributed by atoms with Crippen LogP contribution in [0.15, 0.2) is 48.8 Å². The van der Waals surface area contributed by atoms with E-state index in [1.165, 1.54) is 6.07 Å². The molecule has 1 aromatic carbocycles. The molecule has 0 amide bonds. The minimum absolute atomic E-state index is 0.0413. The average Bonchev–Trinajstić information content (AvgIpc) is 2.46. The molecule has 0 aliphatic carbocycles. The summed E-state index contributed by atoms with van der Waals surface area (Å²) in [6.07, 6.45) is 3.36. The lowest BCUT2D eigenvalue weighted by atomic mass is 9.89. The van der Waals surface area contributed by atoms with Crippen molar-refractivity contribution in [3.8, 4) is 5.75 Å². The van der Waals surface area contributed by atoms with Crippen LogP contribution < -0.4 is 10.5 Å². The summed E-state index contributed by atoms with van der Waals surface area (Å²) < 4.78 is 29.4. The Bertz CT molecular complexity index is 549. The van der Waals surface area contributed by atoms with Gasteiger partial charge in [-0.25, -0.2) is 0 Å². The van der Waals surface area contributed by atoms with E-state index in [0.717, 1.165) is 5.56 Å². The highest BCUT2D eigenvalue weighted by atomic mass is 19.3. The van der Waals surface area contributed by atoms with Crippen LogP contribution in [0.1, 0.15) is 30.0 Å². The molecule has 0 aliphatic rings. The molecular weight excluding hydrogens is 262 g/mol. The molecule has 0 aliphatic heterocycles. The molecule has 2 N–H and O–H groups in total. The van der Waals surface area contributed by atoms with Gasteiger partial charge in [0, 0.05) is 29.9 Å². The van der Waals surface area contributed by atoms with Crippen LogP contribution in [0.4, 0.5) is 8.78 Å². The van der Waals surface area contributed by atoms with Crippen LogP contribution in [0.5, 0.6) is 5.75 Å². The van der Waals surface area contributed by atoms with E-state index in [-0.39, 0.29) is 11.7 Å². The van der Waals surface area contributed by atoms with Crippen LogP contribution in [0.2, 0.25) is 0 Å². The Morgan fingerprint density at radius 3 is 2.40 bits per heavy atom. The molecule has 106 valence electrons. The molecule has 2 aromatic rings. The predicted octanol–water partition coefficient (Wildman–Crippen LogP) is 3.49. The van der Waals surface area contributed by atoms with E-state index in [4.69, 9.17) is 5.73 Å². The first-order chi connectivity index (χ1) is 9.59. The van der Waals surface area contributed by atoms with Gasteiger partial charge < -0.3 is 10.5 Å². The first-order valence-electron chi connectivity index (χ1n) is 6.29. The van der Waals surface area contributed by atoms with Gasteiger partial charge in [-0.1, -0.05) is 25.1 Å². The van der Waals surface area contributed by atoms with Crippen LogP contribution in [0, 0.1) is 0 Å². The van der Waals surface area contributed by atoms with Gasteiger partial charge >= 0.3 is 6.61 Å². The zero-order valence-electron chi connectivity index (χ0n) is 11.0. The van der Waals surface area contributed by atoms with E-state index in [0.29, 0.717) is 5.56 Å². The Balaban J connectivity index is 2.27. The van der Waals surface area contributed by atoms with Crippen molar-refractivity contribution < 1.29 is 13.5 Å². The topological polar surface area (TPSA) is 48.1 Å². The number of rotatable bonds is 5. The standard InChI is InChI=1S/C15H16F2N2O/c1-10(11-6-8-19-9-7-11)14(18)12-4-2-3-5-13(12)20-15(16)17/h2-10,14-15H,18H2,1H3. The quantitative estimate of drug-likeness (QED) is 0.910. The molecule has 1 aromatic heterocycles. The van der Waals surface area contributed by atoms with Crippen molar-refractivity contribution in [3.63, 3.8) is 0 Å². The summed E-state index contributed by atoms with van der Waals surface area (Å²) in [6.45, 7) is -0.918. The van der Waals surface area contributed by atoms with Crippen molar-refractivity contribution in [2.45, 2.75) is 25.5 Å². The number of benzene rings is 1. The molecule has 0 saturated heterocycles. The van der Waals surface area contributed by atoms with Crippen molar-refractivity contribution >= 4 is 0 Å². The summed E-state index contributed by atoms with van der Waals surface area (Å²) in [5.41, 5.74) is 7.77. The van der Waals surface area contributed by atoms with Crippen LogP contribution in [0.3, 0.4) is 0 Å². The van der Waals surface area contributed by atoms with Gasteiger partial charge in [0.05, 0.1) is 0 Å². The SMILES string of the molecule is CC(c1ccncc1)C(N)c1ccccc1OC(F)F. The highest BCUT2D eigenvalue weighted by Crippen LogP contribution is 2.34. The Kier molecular flexibility index (Phi) is 4.63. The third kappa shape index (κ3) is 3.30. The van der Waals surface area contributed by atoms with Gasteiger partial charge in [-0.2, -0.15) is 8.78 Å². The molecule has 0 radical (unpaired) electrons. The smallest absolute Gasteiger partial charge is 0.387 e. The van der Waals surface area contributed by atoms with Gasteiger partial charge in [0.25, 0.3) is 0 Å². The van der Waals surface area contributed by atoms with Gasteiger partial charge in [-0.3, -0.25) is 4.98 Å². The molecule has 5 heteroatoms. The zero-order chi connectivity index (χ0) is 14.5. The molecule has 2 unspecified atom stereocenters. The normalized spacial score (nSPS) is 14.1.